The van der Waals surface area contributed by atoms with Crippen LogP contribution in [0.25, 0.3) is 0 Å². The molecule has 0 fully saturated rings. The predicted octanol–water partition coefficient (Wildman–Crippen LogP) is 3.21. The maximum atomic E-state index is 9.98. The summed E-state index contributed by atoms with van der Waals surface area (Å²) in [6, 6.07) is 9.34. The molecule has 0 spiro atoms. The van der Waals surface area contributed by atoms with E-state index in [9.17, 15) is 5.11 Å². The summed E-state index contributed by atoms with van der Waals surface area (Å²) < 4.78 is 5.20. The van der Waals surface area contributed by atoms with E-state index >= 15 is 0 Å². The second-order valence-electron chi connectivity index (χ2n) is 4.82. The minimum absolute atomic E-state index is 0.000283. The minimum atomic E-state index is 0.000283. The highest BCUT2D eigenvalue weighted by Crippen LogP contribution is 2.29. The van der Waals surface area contributed by atoms with E-state index in [0.717, 1.165) is 16.9 Å². The summed E-state index contributed by atoms with van der Waals surface area (Å²) in [4.78, 5) is 4.12. The van der Waals surface area contributed by atoms with Crippen molar-refractivity contribution in [1.82, 2.24) is 10.3 Å². The van der Waals surface area contributed by atoms with Gasteiger partial charge in [-0.25, -0.2) is 0 Å². The molecule has 2 rings (SSSR count). The summed E-state index contributed by atoms with van der Waals surface area (Å²) in [5.74, 6) is 1.00. The molecule has 2 atom stereocenters. The lowest BCUT2D eigenvalue weighted by atomic mass is 10.0. The Kier molecular flexibility index (Phi) is 4.58. The van der Waals surface area contributed by atoms with Gasteiger partial charge in [0.25, 0.3) is 0 Å². The highest BCUT2D eigenvalue weighted by Gasteiger charge is 2.15. The third kappa shape index (κ3) is 3.27. The third-order valence-electron chi connectivity index (χ3n) is 3.39. The molecule has 0 bridgehead atoms. The minimum Gasteiger partial charge on any atom is -0.508 e. The van der Waals surface area contributed by atoms with E-state index in [4.69, 9.17) is 4.74 Å². The van der Waals surface area contributed by atoms with Gasteiger partial charge in [-0.15, -0.1) is 0 Å². The molecule has 0 saturated heterocycles. The van der Waals surface area contributed by atoms with Crippen LogP contribution in [0.2, 0.25) is 0 Å². The van der Waals surface area contributed by atoms with E-state index in [2.05, 4.69) is 17.2 Å². The molecule has 2 aromatic rings. The lowest BCUT2D eigenvalue weighted by molar-refractivity contribution is 0.405. The Hall–Kier alpha value is -2.07. The van der Waals surface area contributed by atoms with E-state index in [-0.39, 0.29) is 17.8 Å². The summed E-state index contributed by atoms with van der Waals surface area (Å²) in [5.41, 5.74) is 1.93. The molecule has 1 aromatic heterocycles. The zero-order chi connectivity index (χ0) is 14.5. The van der Waals surface area contributed by atoms with Gasteiger partial charge in [-0.2, -0.15) is 0 Å². The van der Waals surface area contributed by atoms with Gasteiger partial charge in [-0.05, 0) is 43.7 Å². The monoisotopic (exact) mass is 272 g/mol. The first-order valence-corrected chi connectivity index (χ1v) is 6.64. The molecule has 0 aliphatic heterocycles. The van der Waals surface area contributed by atoms with Crippen LogP contribution in [0, 0.1) is 0 Å². The lowest BCUT2D eigenvalue weighted by Crippen LogP contribution is -2.22. The number of hydrogen-bond acceptors (Lipinski definition) is 4. The van der Waals surface area contributed by atoms with Gasteiger partial charge < -0.3 is 15.2 Å². The van der Waals surface area contributed by atoms with Crippen molar-refractivity contribution in [3.8, 4) is 11.5 Å². The number of hydrogen-bond donors (Lipinski definition) is 2. The van der Waals surface area contributed by atoms with E-state index in [1.54, 1.807) is 25.4 Å². The van der Waals surface area contributed by atoms with Gasteiger partial charge in [-0.3, -0.25) is 4.98 Å². The summed E-state index contributed by atoms with van der Waals surface area (Å²) in [7, 11) is 1.62. The van der Waals surface area contributed by atoms with Crippen LogP contribution >= 0.6 is 0 Å². The van der Waals surface area contributed by atoms with Crippen molar-refractivity contribution in [2.75, 3.05) is 7.11 Å². The lowest BCUT2D eigenvalue weighted by Gasteiger charge is -2.21. The molecule has 0 amide bonds. The van der Waals surface area contributed by atoms with Crippen LogP contribution in [0.5, 0.6) is 11.5 Å². The van der Waals surface area contributed by atoms with E-state index < -0.39 is 0 Å². The number of aromatic nitrogens is 1. The van der Waals surface area contributed by atoms with Gasteiger partial charge in [0.2, 0.25) is 0 Å². The molecule has 1 unspecified atom stereocenters. The number of methoxy groups -OCH3 is 1. The highest BCUT2D eigenvalue weighted by atomic mass is 16.5. The Morgan fingerprint density at radius 2 is 2.00 bits per heavy atom. The van der Waals surface area contributed by atoms with Crippen LogP contribution in [0.1, 0.15) is 37.1 Å². The first-order valence-electron chi connectivity index (χ1n) is 6.64. The Balaban J connectivity index is 2.14. The van der Waals surface area contributed by atoms with Crippen molar-refractivity contribution >= 4 is 0 Å². The largest absolute Gasteiger partial charge is 0.508 e. The summed E-state index contributed by atoms with van der Waals surface area (Å²) in [5, 5.41) is 13.4. The molecule has 0 aliphatic rings. The number of benzene rings is 1. The van der Waals surface area contributed by atoms with Crippen LogP contribution in [-0.4, -0.2) is 17.2 Å². The Bertz CT molecular complexity index is 558. The van der Waals surface area contributed by atoms with Gasteiger partial charge in [0.1, 0.15) is 11.5 Å². The molecule has 0 radical (unpaired) electrons. The number of phenols is 1. The second kappa shape index (κ2) is 6.39. The first kappa shape index (κ1) is 14.3. The Morgan fingerprint density at radius 1 is 1.20 bits per heavy atom. The molecule has 20 heavy (non-hydrogen) atoms. The maximum absolute atomic E-state index is 9.98. The molecule has 1 aromatic carbocycles. The fourth-order valence-electron chi connectivity index (χ4n) is 2.20. The van der Waals surface area contributed by atoms with Crippen LogP contribution < -0.4 is 10.1 Å². The Labute approximate surface area is 119 Å². The molecule has 0 saturated carbocycles. The molecular formula is C16H20N2O2. The molecule has 0 aliphatic carbocycles. The van der Waals surface area contributed by atoms with E-state index in [1.807, 2.05) is 31.3 Å². The molecular weight excluding hydrogens is 252 g/mol. The van der Waals surface area contributed by atoms with Gasteiger partial charge in [0, 0.05) is 30.0 Å². The number of pyridine rings is 1. The van der Waals surface area contributed by atoms with Gasteiger partial charge >= 0.3 is 0 Å². The highest BCUT2D eigenvalue weighted by molar-refractivity contribution is 5.41. The molecule has 106 valence electrons. The molecule has 4 nitrogen and oxygen atoms in total. The fraction of sp³-hybridized carbons (Fsp3) is 0.312. The smallest absolute Gasteiger partial charge is 0.120 e. The summed E-state index contributed by atoms with van der Waals surface area (Å²) in [6.45, 7) is 4.09. The topological polar surface area (TPSA) is 54.4 Å². The SMILES string of the molecule is COc1ccc(O)c(C(C)N[C@H](C)c2cccnc2)c1. The van der Waals surface area contributed by atoms with Crippen molar-refractivity contribution in [2.24, 2.45) is 0 Å². The number of ether oxygens (including phenoxy) is 1. The molecule has 1 heterocycles. The van der Waals surface area contributed by atoms with Crippen molar-refractivity contribution in [2.45, 2.75) is 25.9 Å². The number of nitrogens with zero attached hydrogens (tertiary/aromatic N) is 1. The fourth-order valence-corrected chi connectivity index (χ4v) is 2.20. The molecule has 4 heteroatoms. The predicted molar refractivity (Wildman–Crippen MR) is 78.9 cm³/mol. The standard InChI is InChI=1S/C16H20N2O2/c1-11(13-5-4-8-17-10-13)18-12(2)15-9-14(20-3)6-7-16(15)19/h4-12,18-19H,1-3H3/t11-,12?/m1/s1. The normalized spacial score (nSPS) is 13.8. The van der Waals surface area contributed by atoms with Gasteiger partial charge in [0.05, 0.1) is 7.11 Å². The van der Waals surface area contributed by atoms with E-state index in [1.165, 1.54) is 0 Å². The number of nitrogens with one attached hydrogen (secondary N) is 1. The van der Waals surface area contributed by atoms with Crippen LogP contribution in [0.3, 0.4) is 0 Å². The van der Waals surface area contributed by atoms with Gasteiger partial charge in [-0.1, -0.05) is 6.07 Å². The van der Waals surface area contributed by atoms with E-state index in [0.29, 0.717) is 0 Å². The Morgan fingerprint density at radius 3 is 2.65 bits per heavy atom. The molecule has 2 N–H and O–H groups in total. The van der Waals surface area contributed by atoms with Crippen LogP contribution in [-0.2, 0) is 0 Å². The van der Waals surface area contributed by atoms with Crippen molar-refractivity contribution in [3.05, 3.63) is 53.9 Å². The number of phenolic OH excluding ortho intramolecular Hbond substituents is 1. The quantitative estimate of drug-likeness (QED) is 0.877. The average Bonchev–Trinajstić information content (AvgIpc) is 2.48. The first-order chi connectivity index (χ1) is 9.61. The van der Waals surface area contributed by atoms with Gasteiger partial charge in [0.15, 0.2) is 0 Å². The summed E-state index contributed by atoms with van der Waals surface area (Å²) >= 11 is 0. The average molecular weight is 272 g/mol. The number of rotatable bonds is 5. The van der Waals surface area contributed by atoms with Crippen LogP contribution in [0.15, 0.2) is 42.7 Å². The second-order valence-corrected chi connectivity index (χ2v) is 4.82. The van der Waals surface area contributed by atoms with Crippen molar-refractivity contribution in [3.63, 3.8) is 0 Å². The van der Waals surface area contributed by atoms with Crippen LogP contribution in [0.4, 0.5) is 0 Å². The number of aromatic hydroxyl groups is 1. The van der Waals surface area contributed by atoms with Crippen molar-refractivity contribution < 1.29 is 9.84 Å². The zero-order valence-electron chi connectivity index (χ0n) is 12.0. The third-order valence-corrected chi connectivity index (χ3v) is 3.39. The maximum Gasteiger partial charge on any atom is 0.120 e. The zero-order valence-corrected chi connectivity index (χ0v) is 12.0. The van der Waals surface area contributed by atoms with Crippen molar-refractivity contribution in [1.29, 1.82) is 0 Å². The summed E-state index contributed by atoms with van der Waals surface area (Å²) in [6.07, 6.45) is 3.60.